The first-order valence-electron chi connectivity index (χ1n) is 5.93. The predicted molar refractivity (Wildman–Crippen MR) is 73.6 cm³/mol. The molecule has 0 N–H and O–H groups in total. The molecule has 0 aliphatic heterocycles. The Morgan fingerprint density at radius 2 is 1.84 bits per heavy atom. The standard InChI is InChI=1S/C16H11NO2/c18-11-12-3-1-5-14(9-12)19-15-7-6-13-4-2-8-17-16(13)10-15/h1-11H. The fourth-order valence-corrected chi connectivity index (χ4v) is 1.90. The van der Waals surface area contributed by atoms with Crippen LogP contribution in [0.1, 0.15) is 10.4 Å². The third kappa shape index (κ3) is 2.45. The number of pyridine rings is 1. The molecular formula is C16H11NO2. The summed E-state index contributed by atoms with van der Waals surface area (Å²) in [6.07, 6.45) is 2.55. The third-order valence-corrected chi connectivity index (χ3v) is 2.81. The summed E-state index contributed by atoms with van der Waals surface area (Å²) in [5, 5.41) is 1.07. The first kappa shape index (κ1) is 11.4. The Balaban J connectivity index is 1.94. The van der Waals surface area contributed by atoms with Crippen molar-refractivity contribution in [2.45, 2.75) is 0 Å². The van der Waals surface area contributed by atoms with E-state index in [2.05, 4.69) is 4.98 Å². The minimum atomic E-state index is 0.594. The molecular weight excluding hydrogens is 238 g/mol. The number of rotatable bonds is 3. The number of carbonyl (C=O) groups is 1. The van der Waals surface area contributed by atoms with Gasteiger partial charge in [0.1, 0.15) is 17.8 Å². The number of carbonyl (C=O) groups excluding carboxylic acids is 1. The van der Waals surface area contributed by atoms with Crippen molar-refractivity contribution >= 4 is 17.2 Å². The number of fused-ring (bicyclic) bond motifs is 1. The lowest BCUT2D eigenvalue weighted by Crippen LogP contribution is -1.87. The monoisotopic (exact) mass is 249 g/mol. The topological polar surface area (TPSA) is 39.2 Å². The second-order valence-corrected chi connectivity index (χ2v) is 4.15. The molecule has 3 heteroatoms. The van der Waals surface area contributed by atoms with E-state index in [0.717, 1.165) is 17.2 Å². The summed E-state index contributed by atoms with van der Waals surface area (Å²) in [5.74, 6) is 1.34. The van der Waals surface area contributed by atoms with Crippen LogP contribution in [0.4, 0.5) is 0 Å². The van der Waals surface area contributed by atoms with Crippen LogP contribution in [0, 0.1) is 0 Å². The van der Waals surface area contributed by atoms with Crippen molar-refractivity contribution in [1.82, 2.24) is 4.98 Å². The number of benzene rings is 2. The number of aldehydes is 1. The molecule has 0 saturated heterocycles. The highest BCUT2D eigenvalue weighted by molar-refractivity contribution is 5.80. The summed E-state index contributed by atoms with van der Waals surface area (Å²) in [4.78, 5) is 15.0. The van der Waals surface area contributed by atoms with Crippen LogP contribution < -0.4 is 4.74 Å². The van der Waals surface area contributed by atoms with Gasteiger partial charge < -0.3 is 4.74 Å². The van der Waals surface area contributed by atoms with Crippen molar-refractivity contribution in [1.29, 1.82) is 0 Å². The highest BCUT2D eigenvalue weighted by Crippen LogP contribution is 2.24. The summed E-state index contributed by atoms with van der Waals surface area (Å²) in [5.41, 5.74) is 1.47. The van der Waals surface area contributed by atoms with Gasteiger partial charge in [-0.25, -0.2) is 0 Å². The first-order valence-corrected chi connectivity index (χ1v) is 5.93. The molecule has 3 aromatic rings. The Hall–Kier alpha value is -2.68. The van der Waals surface area contributed by atoms with Crippen LogP contribution in [-0.2, 0) is 0 Å². The van der Waals surface area contributed by atoms with Gasteiger partial charge >= 0.3 is 0 Å². The van der Waals surface area contributed by atoms with Gasteiger partial charge in [-0.3, -0.25) is 9.78 Å². The van der Waals surface area contributed by atoms with Crippen LogP contribution in [0.15, 0.2) is 60.8 Å². The van der Waals surface area contributed by atoms with Crippen LogP contribution in [0.2, 0.25) is 0 Å². The molecule has 0 aliphatic rings. The second-order valence-electron chi connectivity index (χ2n) is 4.15. The fraction of sp³-hybridized carbons (Fsp3) is 0. The van der Waals surface area contributed by atoms with Crippen molar-refractivity contribution in [2.24, 2.45) is 0 Å². The molecule has 3 rings (SSSR count). The Labute approximate surface area is 110 Å². The van der Waals surface area contributed by atoms with Crippen LogP contribution in [-0.4, -0.2) is 11.3 Å². The van der Waals surface area contributed by atoms with Crippen LogP contribution in [0.25, 0.3) is 10.9 Å². The van der Waals surface area contributed by atoms with Gasteiger partial charge in [-0.2, -0.15) is 0 Å². The molecule has 0 aliphatic carbocycles. The number of nitrogens with zero attached hydrogens (tertiary/aromatic N) is 1. The summed E-state index contributed by atoms with van der Waals surface area (Å²) in [7, 11) is 0. The molecule has 92 valence electrons. The largest absolute Gasteiger partial charge is 0.457 e. The summed E-state index contributed by atoms with van der Waals surface area (Å²) < 4.78 is 5.73. The van der Waals surface area contributed by atoms with Gasteiger partial charge in [0.2, 0.25) is 0 Å². The molecule has 1 heterocycles. The average Bonchev–Trinajstić information content (AvgIpc) is 2.47. The van der Waals surface area contributed by atoms with E-state index >= 15 is 0 Å². The zero-order valence-electron chi connectivity index (χ0n) is 10.1. The molecule has 1 aromatic heterocycles. The van der Waals surface area contributed by atoms with E-state index in [1.165, 1.54) is 0 Å². The SMILES string of the molecule is O=Cc1cccc(Oc2ccc3cccnc3c2)c1. The van der Waals surface area contributed by atoms with E-state index < -0.39 is 0 Å². The van der Waals surface area contributed by atoms with Crippen molar-refractivity contribution in [3.63, 3.8) is 0 Å². The van der Waals surface area contributed by atoms with Gasteiger partial charge in [0.05, 0.1) is 5.52 Å². The normalized spacial score (nSPS) is 10.3. The third-order valence-electron chi connectivity index (χ3n) is 2.81. The first-order chi connectivity index (χ1) is 9.35. The average molecular weight is 249 g/mol. The molecule has 0 spiro atoms. The van der Waals surface area contributed by atoms with Gasteiger partial charge in [0, 0.05) is 23.2 Å². The van der Waals surface area contributed by atoms with Gasteiger partial charge in [-0.1, -0.05) is 18.2 Å². The molecule has 0 amide bonds. The molecule has 0 unspecified atom stereocenters. The lowest BCUT2D eigenvalue weighted by atomic mass is 10.2. The maximum atomic E-state index is 10.7. The summed E-state index contributed by atoms with van der Waals surface area (Å²) in [6.45, 7) is 0. The van der Waals surface area contributed by atoms with Crippen LogP contribution >= 0.6 is 0 Å². The maximum Gasteiger partial charge on any atom is 0.150 e. The van der Waals surface area contributed by atoms with Gasteiger partial charge in [-0.15, -0.1) is 0 Å². The van der Waals surface area contributed by atoms with E-state index in [4.69, 9.17) is 4.74 Å². The fourth-order valence-electron chi connectivity index (χ4n) is 1.90. The van der Waals surface area contributed by atoms with Gasteiger partial charge in [0.25, 0.3) is 0 Å². The van der Waals surface area contributed by atoms with E-state index in [-0.39, 0.29) is 0 Å². The van der Waals surface area contributed by atoms with E-state index in [1.807, 2.05) is 36.4 Å². The molecule has 0 bridgehead atoms. The minimum Gasteiger partial charge on any atom is -0.457 e. The van der Waals surface area contributed by atoms with Gasteiger partial charge in [-0.05, 0) is 30.3 Å². The minimum absolute atomic E-state index is 0.594. The van der Waals surface area contributed by atoms with Crippen molar-refractivity contribution < 1.29 is 9.53 Å². The molecule has 3 nitrogen and oxygen atoms in total. The molecule has 0 saturated carbocycles. The summed E-state index contributed by atoms with van der Waals surface area (Å²) in [6, 6.07) is 16.7. The Morgan fingerprint density at radius 1 is 0.947 bits per heavy atom. The number of aromatic nitrogens is 1. The zero-order valence-corrected chi connectivity index (χ0v) is 10.1. The number of hydrogen-bond donors (Lipinski definition) is 0. The number of hydrogen-bond acceptors (Lipinski definition) is 3. The Morgan fingerprint density at radius 3 is 2.74 bits per heavy atom. The molecule has 19 heavy (non-hydrogen) atoms. The van der Waals surface area contributed by atoms with Crippen LogP contribution in [0.3, 0.4) is 0 Å². The Bertz CT molecular complexity index is 737. The predicted octanol–water partition coefficient (Wildman–Crippen LogP) is 3.84. The highest BCUT2D eigenvalue weighted by atomic mass is 16.5. The molecule has 0 fully saturated rings. The Kier molecular flexibility index (Phi) is 2.94. The van der Waals surface area contributed by atoms with Crippen molar-refractivity contribution in [3.05, 3.63) is 66.4 Å². The quantitative estimate of drug-likeness (QED) is 0.662. The molecule has 0 atom stereocenters. The lowest BCUT2D eigenvalue weighted by Gasteiger charge is -2.06. The van der Waals surface area contributed by atoms with E-state index in [0.29, 0.717) is 17.1 Å². The number of ether oxygens (including phenoxy) is 1. The smallest absolute Gasteiger partial charge is 0.150 e. The van der Waals surface area contributed by atoms with Crippen molar-refractivity contribution in [3.8, 4) is 11.5 Å². The maximum absolute atomic E-state index is 10.7. The second kappa shape index (κ2) is 4.90. The molecule has 2 aromatic carbocycles. The zero-order chi connectivity index (χ0) is 13.1. The van der Waals surface area contributed by atoms with E-state index in [9.17, 15) is 4.79 Å². The molecule has 0 radical (unpaired) electrons. The van der Waals surface area contributed by atoms with Gasteiger partial charge in [0.15, 0.2) is 0 Å². The summed E-state index contributed by atoms with van der Waals surface area (Å²) >= 11 is 0. The van der Waals surface area contributed by atoms with Crippen molar-refractivity contribution in [2.75, 3.05) is 0 Å². The van der Waals surface area contributed by atoms with E-state index in [1.54, 1.807) is 24.4 Å². The highest BCUT2D eigenvalue weighted by Gasteiger charge is 2.01. The van der Waals surface area contributed by atoms with Crippen LogP contribution in [0.5, 0.6) is 11.5 Å². The lowest BCUT2D eigenvalue weighted by molar-refractivity contribution is 0.112.